The highest BCUT2D eigenvalue weighted by Crippen LogP contribution is 2.39. The molecule has 1 aliphatic carbocycles. The first-order valence-electron chi connectivity index (χ1n) is 6.86. The second-order valence-electron chi connectivity index (χ2n) is 6.02. The third-order valence-corrected chi connectivity index (χ3v) is 4.44. The molecule has 16 heavy (non-hydrogen) atoms. The van der Waals surface area contributed by atoms with Crippen LogP contribution in [0.4, 0.5) is 0 Å². The molecule has 0 heterocycles. The Morgan fingerprint density at radius 3 is 2.50 bits per heavy atom. The zero-order chi connectivity index (χ0) is 12.3. The van der Waals surface area contributed by atoms with Crippen LogP contribution in [0.3, 0.4) is 0 Å². The summed E-state index contributed by atoms with van der Waals surface area (Å²) in [4.78, 5) is 2.59. The molecule has 1 aliphatic rings. The van der Waals surface area contributed by atoms with Gasteiger partial charge in [0.15, 0.2) is 0 Å². The number of aliphatic hydroxyl groups excluding tert-OH is 1. The molecule has 0 spiro atoms. The van der Waals surface area contributed by atoms with E-state index in [1.54, 1.807) is 0 Å². The van der Waals surface area contributed by atoms with Crippen LogP contribution >= 0.6 is 0 Å². The van der Waals surface area contributed by atoms with Crippen LogP contribution in [0.1, 0.15) is 60.3 Å². The summed E-state index contributed by atoms with van der Waals surface area (Å²) < 4.78 is 0. The molecule has 0 aromatic carbocycles. The Morgan fingerprint density at radius 1 is 1.38 bits per heavy atom. The summed E-state index contributed by atoms with van der Waals surface area (Å²) in [6, 6.07) is 1.16. The standard InChI is InChI=1S/C14H29NO/c1-6-11(3)15(7-2)13-10-12(16)8-9-14(13,4)5/h11-13,16H,6-10H2,1-5H3. The third kappa shape index (κ3) is 2.98. The third-order valence-electron chi connectivity index (χ3n) is 4.44. The van der Waals surface area contributed by atoms with Gasteiger partial charge >= 0.3 is 0 Å². The van der Waals surface area contributed by atoms with Crippen molar-refractivity contribution in [1.82, 2.24) is 4.90 Å². The van der Waals surface area contributed by atoms with Crippen LogP contribution in [-0.2, 0) is 0 Å². The second-order valence-corrected chi connectivity index (χ2v) is 6.02. The summed E-state index contributed by atoms with van der Waals surface area (Å²) in [6.07, 6.45) is 4.17. The van der Waals surface area contributed by atoms with Gasteiger partial charge in [0.1, 0.15) is 0 Å². The minimum atomic E-state index is -0.0869. The van der Waals surface area contributed by atoms with E-state index in [9.17, 15) is 5.11 Å². The van der Waals surface area contributed by atoms with Gasteiger partial charge in [0.05, 0.1) is 6.10 Å². The fourth-order valence-corrected chi connectivity index (χ4v) is 3.06. The van der Waals surface area contributed by atoms with Crippen molar-refractivity contribution in [1.29, 1.82) is 0 Å². The van der Waals surface area contributed by atoms with E-state index < -0.39 is 0 Å². The van der Waals surface area contributed by atoms with E-state index in [1.165, 1.54) is 6.42 Å². The molecule has 3 unspecified atom stereocenters. The quantitative estimate of drug-likeness (QED) is 0.798. The Hall–Kier alpha value is -0.0800. The van der Waals surface area contributed by atoms with Gasteiger partial charge in [-0.1, -0.05) is 27.7 Å². The van der Waals surface area contributed by atoms with E-state index in [4.69, 9.17) is 0 Å². The summed E-state index contributed by atoms with van der Waals surface area (Å²) in [7, 11) is 0. The molecule has 1 N–H and O–H groups in total. The molecule has 0 saturated heterocycles. The number of hydrogen-bond donors (Lipinski definition) is 1. The van der Waals surface area contributed by atoms with Crippen molar-refractivity contribution in [2.24, 2.45) is 5.41 Å². The highest BCUT2D eigenvalue weighted by atomic mass is 16.3. The van der Waals surface area contributed by atoms with Crippen LogP contribution < -0.4 is 0 Å². The largest absolute Gasteiger partial charge is 0.393 e. The highest BCUT2D eigenvalue weighted by molar-refractivity contribution is 4.93. The Kier molecular flexibility index (Phi) is 4.81. The summed E-state index contributed by atoms with van der Waals surface area (Å²) in [5, 5.41) is 9.88. The van der Waals surface area contributed by atoms with Gasteiger partial charge in [0.25, 0.3) is 0 Å². The lowest BCUT2D eigenvalue weighted by molar-refractivity contribution is -0.0250. The fourth-order valence-electron chi connectivity index (χ4n) is 3.06. The predicted molar refractivity (Wildman–Crippen MR) is 69.6 cm³/mol. The smallest absolute Gasteiger partial charge is 0.0555 e. The highest BCUT2D eigenvalue weighted by Gasteiger charge is 2.39. The van der Waals surface area contributed by atoms with Crippen LogP contribution in [0.5, 0.6) is 0 Å². The van der Waals surface area contributed by atoms with Gasteiger partial charge in [-0.3, -0.25) is 4.90 Å². The summed E-state index contributed by atoms with van der Waals surface area (Å²) in [5.74, 6) is 0. The van der Waals surface area contributed by atoms with E-state index in [1.807, 2.05) is 0 Å². The molecule has 2 heteroatoms. The lowest BCUT2D eigenvalue weighted by atomic mass is 9.71. The van der Waals surface area contributed by atoms with Crippen LogP contribution in [0.15, 0.2) is 0 Å². The van der Waals surface area contributed by atoms with E-state index in [0.717, 1.165) is 25.8 Å². The molecule has 0 aromatic heterocycles. The molecular weight excluding hydrogens is 198 g/mol. The van der Waals surface area contributed by atoms with Gasteiger partial charge in [0, 0.05) is 12.1 Å². The number of hydrogen-bond acceptors (Lipinski definition) is 2. The van der Waals surface area contributed by atoms with E-state index in [2.05, 4.69) is 39.5 Å². The van der Waals surface area contributed by atoms with Gasteiger partial charge < -0.3 is 5.11 Å². The van der Waals surface area contributed by atoms with E-state index >= 15 is 0 Å². The zero-order valence-corrected chi connectivity index (χ0v) is 11.7. The molecular formula is C14H29NO. The van der Waals surface area contributed by atoms with Crippen molar-refractivity contribution in [3.05, 3.63) is 0 Å². The average Bonchev–Trinajstić information content (AvgIpc) is 2.24. The lowest BCUT2D eigenvalue weighted by Gasteiger charge is -2.48. The Bertz CT molecular complexity index is 215. The Labute approximate surface area is 101 Å². The normalized spacial score (nSPS) is 31.7. The van der Waals surface area contributed by atoms with Gasteiger partial charge in [0.2, 0.25) is 0 Å². The SMILES string of the molecule is CCC(C)N(CC)C1CC(O)CCC1(C)C. The number of nitrogens with zero attached hydrogens (tertiary/aromatic N) is 1. The molecule has 0 aromatic rings. The topological polar surface area (TPSA) is 23.5 Å². The van der Waals surface area contributed by atoms with E-state index in [0.29, 0.717) is 17.5 Å². The minimum Gasteiger partial charge on any atom is -0.393 e. The van der Waals surface area contributed by atoms with Crippen molar-refractivity contribution in [3.63, 3.8) is 0 Å². The molecule has 1 rings (SSSR count). The van der Waals surface area contributed by atoms with Gasteiger partial charge in [-0.2, -0.15) is 0 Å². The van der Waals surface area contributed by atoms with Crippen molar-refractivity contribution < 1.29 is 5.11 Å². The summed E-state index contributed by atoms with van der Waals surface area (Å²) in [6.45, 7) is 12.6. The van der Waals surface area contributed by atoms with Crippen molar-refractivity contribution >= 4 is 0 Å². The predicted octanol–water partition coefficient (Wildman–Crippen LogP) is 3.05. The van der Waals surface area contributed by atoms with Crippen LogP contribution in [-0.4, -0.2) is 34.7 Å². The Balaban J connectivity index is 2.79. The zero-order valence-electron chi connectivity index (χ0n) is 11.7. The molecule has 0 bridgehead atoms. The number of rotatable bonds is 4. The molecule has 0 radical (unpaired) electrons. The first-order valence-corrected chi connectivity index (χ1v) is 6.86. The summed E-state index contributed by atoms with van der Waals surface area (Å²) in [5.41, 5.74) is 0.346. The van der Waals surface area contributed by atoms with Crippen molar-refractivity contribution in [2.75, 3.05) is 6.54 Å². The first kappa shape index (κ1) is 14.0. The lowest BCUT2D eigenvalue weighted by Crippen LogP contribution is -2.53. The monoisotopic (exact) mass is 227 g/mol. The van der Waals surface area contributed by atoms with Crippen molar-refractivity contribution in [3.8, 4) is 0 Å². The fraction of sp³-hybridized carbons (Fsp3) is 1.00. The van der Waals surface area contributed by atoms with Crippen LogP contribution in [0.2, 0.25) is 0 Å². The minimum absolute atomic E-state index is 0.0869. The van der Waals surface area contributed by atoms with Gasteiger partial charge in [-0.15, -0.1) is 0 Å². The van der Waals surface area contributed by atoms with E-state index in [-0.39, 0.29) is 6.10 Å². The molecule has 3 atom stereocenters. The molecule has 0 aliphatic heterocycles. The maximum atomic E-state index is 9.88. The van der Waals surface area contributed by atoms with Gasteiger partial charge in [-0.05, 0) is 44.6 Å². The maximum absolute atomic E-state index is 9.88. The molecule has 1 saturated carbocycles. The molecule has 0 amide bonds. The van der Waals surface area contributed by atoms with Crippen LogP contribution in [0, 0.1) is 5.41 Å². The Morgan fingerprint density at radius 2 is 2.00 bits per heavy atom. The van der Waals surface area contributed by atoms with Gasteiger partial charge in [-0.25, -0.2) is 0 Å². The maximum Gasteiger partial charge on any atom is 0.0555 e. The molecule has 1 fully saturated rings. The molecule has 2 nitrogen and oxygen atoms in total. The number of aliphatic hydroxyl groups is 1. The van der Waals surface area contributed by atoms with Crippen molar-refractivity contribution in [2.45, 2.75) is 78.5 Å². The molecule has 96 valence electrons. The summed E-state index contributed by atoms with van der Waals surface area (Å²) >= 11 is 0. The average molecular weight is 227 g/mol. The first-order chi connectivity index (χ1) is 7.42. The van der Waals surface area contributed by atoms with Crippen LogP contribution in [0.25, 0.3) is 0 Å². The second kappa shape index (κ2) is 5.50.